The lowest BCUT2D eigenvalue weighted by Crippen LogP contribution is -2.38. The Labute approximate surface area is 141 Å². The first-order valence-electron chi connectivity index (χ1n) is 8.37. The van der Waals surface area contributed by atoms with Crippen LogP contribution in [0.15, 0.2) is 24.3 Å². The normalized spacial score (nSPS) is 18.5. The largest absolute Gasteiger partial charge is 0.447 e. The number of nitrogens with one attached hydrogen (secondary N) is 1. The van der Waals surface area contributed by atoms with Gasteiger partial charge in [-0.25, -0.2) is 4.79 Å². The number of hydrogen-bond acceptors (Lipinski definition) is 5. The molecule has 0 saturated carbocycles. The highest BCUT2D eigenvalue weighted by Crippen LogP contribution is 2.19. The van der Waals surface area contributed by atoms with Crippen LogP contribution < -0.4 is 10.2 Å². The number of benzene rings is 1. The standard InChI is InChI=1S/C17H23N3O4/c21-16(18-5-2-6-19-7-10-23-11-8-19)14-3-1-4-15(13-14)20-9-12-24-17(20)22/h1,3-4,13H,2,5-12H2,(H,18,21). The molecule has 1 aromatic rings. The summed E-state index contributed by atoms with van der Waals surface area (Å²) in [5, 5.41) is 2.94. The van der Waals surface area contributed by atoms with Crippen LogP contribution in [0.2, 0.25) is 0 Å². The average molecular weight is 333 g/mol. The summed E-state index contributed by atoms with van der Waals surface area (Å²) < 4.78 is 10.2. The van der Waals surface area contributed by atoms with E-state index in [0.29, 0.717) is 30.9 Å². The molecule has 0 bridgehead atoms. The van der Waals surface area contributed by atoms with Gasteiger partial charge in [0.25, 0.3) is 5.91 Å². The van der Waals surface area contributed by atoms with Gasteiger partial charge in [0.2, 0.25) is 0 Å². The van der Waals surface area contributed by atoms with Crippen molar-refractivity contribution in [1.82, 2.24) is 10.2 Å². The number of carbonyl (C=O) groups excluding carboxylic acids is 2. The molecule has 0 unspecified atom stereocenters. The Hall–Kier alpha value is -2.12. The maximum Gasteiger partial charge on any atom is 0.414 e. The van der Waals surface area contributed by atoms with Crippen LogP contribution in [0.5, 0.6) is 0 Å². The minimum atomic E-state index is -0.363. The fourth-order valence-corrected chi connectivity index (χ4v) is 2.87. The van der Waals surface area contributed by atoms with Gasteiger partial charge in [-0.3, -0.25) is 14.6 Å². The SMILES string of the molecule is O=C(NCCCN1CCOCC1)c1cccc(N2CCOC2=O)c1. The maximum atomic E-state index is 12.3. The third kappa shape index (κ3) is 4.24. The minimum absolute atomic E-state index is 0.119. The molecule has 0 spiro atoms. The van der Waals surface area contributed by atoms with Gasteiger partial charge < -0.3 is 14.8 Å². The van der Waals surface area contributed by atoms with Gasteiger partial charge in [0.05, 0.1) is 19.8 Å². The monoisotopic (exact) mass is 333 g/mol. The molecular formula is C17H23N3O4. The molecule has 0 atom stereocenters. The van der Waals surface area contributed by atoms with Gasteiger partial charge in [0.1, 0.15) is 6.61 Å². The summed E-state index contributed by atoms with van der Waals surface area (Å²) in [7, 11) is 0. The molecule has 24 heavy (non-hydrogen) atoms. The molecule has 0 aromatic heterocycles. The number of carbonyl (C=O) groups is 2. The second-order valence-corrected chi connectivity index (χ2v) is 5.88. The molecule has 0 radical (unpaired) electrons. The van der Waals surface area contributed by atoms with Crippen molar-refractivity contribution >= 4 is 17.7 Å². The Morgan fingerprint density at radius 3 is 2.75 bits per heavy atom. The third-order valence-electron chi connectivity index (χ3n) is 4.22. The van der Waals surface area contributed by atoms with Crippen molar-refractivity contribution in [1.29, 1.82) is 0 Å². The lowest BCUT2D eigenvalue weighted by atomic mass is 10.1. The van der Waals surface area contributed by atoms with Gasteiger partial charge in [-0.15, -0.1) is 0 Å². The number of rotatable bonds is 6. The molecule has 3 rings (SSSR count). The van der Waals surface area contributed by atoms with E-state index in [1.807, 2.05) is 6.07 Å². The summed E-state index contributed by atoms with van der Waals surface area (Å²) >= 11 is 0. The first-order valence-corrected chi connectivity index (χ1v) is 8.37. The fourth-order valence-electron chi connectivity index (χ4n) is 2.87. The first kappa shape index (κ1) is 16.7. The predicted molar refractivity (Wildman–Crippen MR) is 89.3 cm³/mol. The van der Waals surface area contributed by atoms with E-state index in [-0.39, 0.29) is 12.0 Å². The van der Waals surface area contributed by atoms with Gasteiger partial charge >= 0.3 is 6.09 Å². The van der Waals surface area contributed by atoms with Crippen molar-refractivity contribution in [3.05, 3.63) is 29.8 Å². The average Bonchev–Trinajstić information content (AvgIpc) is 3.05. The smallest absolute Gasteiger partial charge is 0.414 e. The number of morpholine rings is 1. The highest BCUT2D eigenvalue weighted by Gasteiger charge is 2.24. The van der Waals surface area contributed by atoms with Crippen LogP contribution in [0.3, 0.4) is 0 Å². The van der Waals surface area contributed by atoms with Gasteiger partial charge in [-0.1, -0.05) is 6.07 Å². The van der Waals surface area contributed by atoms with Crippen molar-refractivity contribution in [3.8, 4) is 0 Å². The second kappa shape index (κ2) is 8.12. The molecule has 7 nitrogen and oxygen atoms in total. The van der Waals surface area contributed by atoms with Gasteiger partial charge in [-0.2, -0.15) is 0 Å². The number of ether oxygens (including phenoxy) is 2. The van der Waals surface area contributed by atoms with Crippen LogP contribution >= 0.6 is 0 Å². The van der Waals surface area contributed by atoms with Crippen molar-refractivity contribution in [2.45, 2.75) is 6.42 Å². The summed E-state index contributed by atoms with van der Waals surface area (Å²) in [6, 6.07) is 7.07. The van der Waals surface area contributed by atoms with Crippen molar-refractivity contribution < 1.29 is 19.1 Å². The molecule has 2 aliphatic heterocycles. The van der Waals surface area contributed by atoms with E-state index in [2.05, 4.69) is 10.2 Å². The molecule has 0 aliphatic carbocycles. The van der Waals surface area contributed by atoms with Crippen molar-refractivity contribution in [2.75, 3.05) is 57.4 Å². The number of cyclic esters (lactones) is 1. The summed E-state index contributed by atoms with van der Waals surface area (Å²) in [5.74, 6) is -0.119. The first-order chi connectivity index (χ1) is 11.7. The summed E-state index contributed by atoms with van der Waals surface area (Å²) in [6.07, 6.45) is 0.544. The Kier molecular flexibility index (Phi) is 5.66. The maximum absolute atomic E-state index is 12.3. The van der Waals surface area contributed by atoms with Gasteiger partial charge in [0.15, 0.2) is 0 Å². The van der Waals surface area contributed by atoms with Crippen LogP contribution in [0, 0.1) is 0 Å². The van der Waals surface area contributed by atoms with Crippen molar-refractivity contribution in [2.24, 2.45) is 0 Å². The third-order valence-corrected chi connectivity index (χ3v) is 4.22. The van der Waals surface area contributed by atoms with Gasteiger partial charge in [0, 0.05) is 30.9 Å². The van der Waals surface area contributed by atoms with E-state index in [1.54, 1.807) is 18.2 Å². The number of nitrogens with zero attached hydrogens (tertiary/aromatic N) is 2. The topological polar surface area (TPSA) is 71.1 Å². The minimum Gasteiger partial charge on any atom is -0.447 e. The molecule has 2 fully saturated rings. The molecule has 7 heteroatoms. The summed E-state index contributed by atoms with van der Waals surface area (Å²) in [6.45, 7) is 6.00. The van der Waals surface area contributed by atoms with Crippen LogP contribution in [0.4, 0.5) is 10.5 Å². The second-order valence-electron chi connectivity index (χ2n) is 5.88. The molecule has 2 heterocycles. The number of amides is 2. The Bertz CT molecular complexity index is 587. The molecule has 2 saturated heterocycles. The predicted octanol–water partition coefficient (Wildman–Crippen LogP) is 1.10. The Morgan fingerprint density at radius 1 is 1.17 bits per heavy atom. The van der Waals surface area contributed by atoms with E-state index < -0.39 is 0 Å². The van der Waals surface area contributed by atoms with Crippen LogP contribution in [0.25, 0.3) is 0 Å². The fraction of sp³-hybridized carbons (Fsp3) is 0.529. The van der Waals surface area contributed by atoms with E-state index in [0.717, 1.165) is 39.3 Å². The molecule has 2 amide bonds. The molecule has 130 valence electrons. The molecule has 1 N–H and O–H groups in total. The lowest BCUT2D eigenvalue weighted by Gasteiger charge is -2.26. The van der Waals surface area contributed by atoms with Crippen LogP contribution in [-0.2, 0) is 9.47 Å². The quantitative estimate of drug-likeness (QED) is 0.789. The zero-order valence-corrected chi connectivity index (χ0v) is 13.7. The number of hydrogen-bond donors (Lipinski definition) is 1. The Morgan fingerprint density at radius 2 is 2.00 bits per heavy atom. The summed E-state index contributed by atoms with van der Waals surface area (Å²) in [5.41, 5.74) is 1.25. The summed E-state index contributed by atoms with van der Waals surface area (Å²) in [4.78, 5) is 27.8. The van der Waals surface area contributed by atoms with Crippen molar-refractivity contribution in [3.63, 3.8) is 0 Å². The van der Waals surface area contributed by atoms with E-state index in [4.69, 9.17) is 9.47 Å². The Balaban J connectivity index is 1.47. The van der Waals surface area contributed by atoms with Gasteiger partial charge in [-0.05, 0) is 31.2 Å². The van der Waals surface area contributed by atoms with E-state index in [9.17, 15) is 9.59 Å². The van der Waals surface area contributed by atoms with Crippen LogP contribution in [-0.4, -0.2) is 69.4 Å². The zero-order chi connectivity index (χ0) is 16.8. The van der Waals surface area contributed by atoms with E-state index >= 15 is 0 Å². The van der Waals surface area contributed by atoms with E-state index in [1.165, 1.54) is 4.90 Å². The zero-order valence-electron chi connectivity index (χ0n) is 13.7. The highest BCUT2D eigenvalue weighted by atomic mass is 16.6. The number of anilines is 1. The lowest BCUT2D eigenvalue weighted by molar-refractivity contribution is 0.0374. The molecular weight excluding hydrogens is 310 g/mol. The van der Waals surface area contributed by atoms with Crippen LogP contribution in [0.1, 0.15) is 16.8 Å². The molecule has 2 aliphatic rings. The molecule has 1 aromatic carbocycles. The highest BCUT2D eigenvalue weighted by molar-refractivity contribution is 5.97.